The number of likely N-dealkylation sites (tertiary alicyclic amines) is 1. The van der Waals surface area contributed by atoms with Gasteiger partial charge in [0.15, 0.2) is 0 Å². The van der Waals surface area contributed by atoms with Crippen LogP contribution in [0.5, 0.6) is 0 Å². The molecule has 0 aromatic heterocycles. The van der Waals surface area contributed by atoms with Crippen LogP contribution >= 0.6 is 11.6 Å². The molecule has 4 rings (SSSR count). The second-order valence-corrected chi connectivity index (χ2v) is 10.1. The van der Waals surface area contributed by atoms with Gasteiger partial charge in [-0.1, -0.05) is 44.0 Å². The van der Waals surface area contributed by atoms with Crippen LogP contribution in [0, 0.1) is 17.8 Å². The first kappa shape index (κ1) is 24.0. The fourth-order valence-corrected chi connectivity index (χ4v) is 6.34. The van der Waals surface area contributed by atoms with Gasteiger partial charge < -0.3 is 25.4 Å². The number of nitrogens with one attached hydrogen (secondary N) is 2. The third-order valence-corrected chi connectivity index (χ3v) is 8.30. The van der Waals surface area contributed by atoms with Crippen molar-refractivity contribution in [3.63, 3.8) is 0 Å². The van der Waals surface area contributed by atoms with Crippen molar-refractivity contribution in [1.82, 2.24) is 10.2 Å². The number of amides is 3. The Labute approximate surface area is 199 Å². The number of anilines is 1. The maximum absolute atomic E-state index is 13.9. The third-order valence-electron chi connectivity index (χ3n) is 7.97. The van der Waals surface area contributed by atoms with E-state index in [-0.39, 0.29) is 24.3 Å². The Balaban J connectivity index is 1.81. The maximum Gasteiger partial charge on any atom is 0.250 e. The standard InChI is InChI=1S/C24H32ClN3O5/c1-5-13(2)16(12-29)28-19(21(31)27-15-9-7-6-8-14(15)25)24-11-10-23(3,33-24)17(20(30)26-4)18(24)22(28)32/h6-9,13,16-19,29H,5,10-12H2,1-4H3,(H,26,30)(H,27,31)/t13-,16-,17+,18-,19?,23-,24?/m0/s1. The monoisotopic (exact) mass is 477 g/mol. The van der Waals surface area contributed by atoms with E-state index in [1.807, 2.05) is 20.8 Å². The van der Waals surface area contributed by atoms with Gasteiger partial charge in [-0.3, -0.25) is 14.4 Å². The molecule has 3 N–H and O–H groups in total. The van der Waals surface area contributed by atoms with E-state index < -0.39 is 41.0 Å². The first-order valence-electron chi connectivity index (χ1n) is 11.5. The number of carbonyl (C=O) groups is 3. The minimum Gasteiger partial charge on any atom is -0.394 e. The number of benzene rings is 1. The number of rotatable bonds is 7. The molecule has 2 unspecified atom stereocenters. The summed E-state index contributed by atoms with van der Waals surface area (Å²) in [6, 6.07) is 5.32. The molecule has 180 valence electrons. The van der Waals surface area contributed by atoms with Crippen LogP contribution in [0.3, 0.4) is 0 Å². The van der Waals surface area contributed by atoms with E-state index in [4.69, 9.17) is 16.3 Å². The van der Waals surface area contributed by atoms with E-state index in [0.29, 0.717) is 30.0 Å². The quantitative estimate of drug-likeness (QED) is 0.558. The molecule has 1 aromatic rings. The molecule has 0 saturated carbocycles. The van der Waals surface area contributed by atoms with Gasteiger partial charge in [-0.2, -0.15) is 0 Å². The van der Waals surface area contributed by atoms with Gasteiger partial charge in [0.1, 0.15) is 11.6 Å². The van der Waals surface area contributed by atoms with E-state index in [2.05, 4.69) is 10.6 Å². The molecule has 2 bridgehead atoms. The highest BCUT2D eigenvalue weighted by Gasteiger charge is 2.78. The Morgan fingerprint density at radius 3 is 2.61 bits per heavy atom. The normalized spacial score (nSPS) is 34.2. The molecule has 3 aliphatic heterocycles. The van der Waals surface area contributed by atoms with Crippen LogP contribution in [0.15, 0.2) is 24.3 Å². The number of aliphatic hydroxyl groups is 1. The van der Waals surface area contributed by atoms with E-state index in [9.17, 15) is 19.5 Å². The predicted molar refractivity (Wildman–Crippen MR) is 124 cm³/mol. The van der Waals surface area contributed by atoms with Crippen molar-refractivity contribution in [2.75, 3.05) is 19.0 Å². The fraction of sp³-hybridized carbons (Fsp3) is 0.625. The molecule has 3 saturated heterocycles. The van der Waals surface area contributed by atoms with Crippen molar-refractivity contribution in [1.29, 1.82) is 0 Å². The molecule has 3 aliphatic rings. The lowest BCUT2D eigenvalue weighted by Crippen LogP contribution is -2.57. The summed E-state index contributed by atoms with van der Waals surface area (Å²) in [5, 5.41) is 16.2. The zero-order valence-corrected chi connectivity index (χ0v) is 20.2. The lowest BCUT2D eigenvalue weighted by molar-refractivity contribution is -0.149. The number of hydrogen-bond acceptors (Lipinski definition) is 5. The van der Waals surface area contributed by atoms with Crippen LogP contribution in [0.4, 0.5) is 5.69 Å². The zero-order chi connectivity index (χ0) is 24.1. The summed E-state index contributed by atoms with van der Waals surface area (Å²) >= 11 is 6.28. The SMILES string of the molecule is CC[C@H](C)[C@H](CO)N1C(=O)[C@@H]2[C@H](C(=O)NC)[C@]3(C)CCC2(O3)C1C(=O)Nc1ccccc1Cl. The van der Waals surface area contributed by atoms with Crippen molar-refractivity contribution >= 4 is 35.0 Å². The number of aliphatic hydroxyl groups excluding tert-OH is 1. The van der Waals surface area contributed by atoms with Gasteiger partial charge in [-0.05, 0) is 37.8 Å². The average molecular weight is 478 g/mol. The van der Waals surface area contributed by atoms with Crippen molar-refractivity contribution in [3.05, 3.63) is 29.3 Å². The minimum atomic E-state index is -1.14. The Hall–Kier alpha value is -2.16. The summed E-state index contributed by atoms with van der Waals surface area (Å²) in [5.74, 6) is -2.57. The van der Waals surface area contributed by atoms with Crippen molar-refractivity contribution in [2.24, 2.45) is 17.8 Å². The molecule has 3 heterocycles. The molecule has 0 radical (unpaired) electrons. The van der Waals surface area contributed by atoms with Crippen LogP contribution < -0.4 is 10.6 Å². The highest BCUT2D eigenvalue weighted by atomic mass is 35.5. The molecule has 9 heteroatoms. The second kappa shape index (κ2) is 8.56. The number of para-hydroxylation sites is 1. The van der Waals surface area contributed by atoms with Gasteiger partial charge in [-0.15, -0.1) is 0 Å². The first-order valence-corrected chi connectivity index (χ1v) is 11.9. The topological polar surface area (TPSA) is 108 Å². The molecule has 3 fully saturated rings. The maximum atomic E-state index is 13.9. The third kappa shape index (κ3) is 3.45. The number of fused-ring (bicyclic) bond motifs is 1. The Bertz CT molecular complexity index is 973. The lowest BCUT2D eigenvalue weighted by Gasteiger charge is -2.39. The summed E-state index contributed by atoms with van der Waals surface area (Å²) in [5.41, 5.74) is -1.54. The molecule has 7 atom stereocenters. The van der Waals surface area contributed by atoms with Crippen LogP contribution in [-0.2, 0) is 19.1 Å². The Morgan fingerprint density at radius 2 is 2.00 bits per heavy atom. The van der Waals surface area contributed by atoms with Gasteiger partial charge in [0.05, 0.1) is 40.8 Å². The van der Waals surface area contributed by atoms with Crippen LogP contribution in [0.1, 0.15) is 40.0 Å². The average Bonchev–Trinajstić information content (AvgIpc) is 3.36. The minimum absolute atomic E-state index is 0.0592. The van der Waals surface area contributed by atoms with E-state index in [0.717, 1.165) is 0 Å². The first-order chi connectivity index (χ1) is 15.6. The number of carbonyl (C=O) groups excluding carboxylic acids is 3. The second-order valence-electron chi connectivity index (χ2n) is 9.69. The molecular formula is C24H32ClN3O5. The van der Waals surface area contributed by atoms with Gasteiger partial charge in [0, 0.05) is 7.05 Å². The highest BCUT2D eigenvalue weighted by Crippen LogP contribution is 2.63. The van der Waals surface area contributed by atoms with Crippen LogP contribution in [0.25, 0.3) is 0 Å². The fourth-order valence-electron chi connectivity index (χ4n) is 6.15. The van der Waals surface area contributed by atoms with Crippen molar-refractivity contribution in [3.8, 4) is 0 Å². The summed E-state index contributed by atoms with van der Waals surface area (Å²) < 4.78 is 6.52. The van der Waals surface area contributed by atoms with Crippen molar-refractivity contribution < 1.29 is 24.2 Å². The van der Waals surface area contributed by atoms with Crippen molar-refractivity contribution in [2.45, 2.75) is 63.3 Å². The molecule has 33 heavy (non-hydrogen) atoms. The molecule has 8 nitrogen and oxygen atoms in total. The molecule has 3 amide bonds. The van der Waals surface area contributed by atoms with E-state index in [1.54, 1.807) is 31.3 Å². The summed E-state index contributed by atoms with van der Waals surface area (Å²) in [4.78, 5) is 42.2. The number of nitrogens with zero attached hydrogens (tertiary/aromatic N) is 1. The van der Waals surface area contributed by atoms with Gasteiger partial charge >= 0.3 is 0 Å². The smallest absolute Gasteiger partial charge is 0.250 e. The van der Waals surface area contributed by atoms with Gasteiger partial charge in [-0.25, -0.2) is 0 Å². The summed E-state index contributed by atoms with van der Waals surface area (Å²) in [7, 11) is 1.54. The van der Waals surface area contributed by atoms with Crippen LogP contribution in [0.2, 0.25) is 5.02 Å². The summed E-state index contributed by atoms with van der Waals surface area (Å²) in [6.45, 7) is 5.47. The largest absolute Gasteiger partial charge is 0.394 e. The molecular weight excluding hydrogens is 446 g/mol. The highest BCUT2D eigenvalue weighted by molar-refractivity contribution is 6.33. The number of hydrogen-bond donors (Lipinski definition) is 3. The molecule has 0 aliphatic carbocycles. The number of halogens is 1. The number of ether oxygens (including phenoxy) is 1. The van der Waals surface area contributed by atoms with Gasteiger partial charge in [0.2, 0.25) is 17.7 Å². The van der Waals surface area contributed by atoms with E-state index >= 15 is 0 Å². The summed E-state index contributed by atoms with van der Waals surface area (Å²) in [6.07, 6.45) is 1.75. The molecule has 1 spiro atoms. The van der Waals surface area contributed by atoms with Gasteiger partial charge in [0.25, 0.3) is 0 Å². The predicted octanol–water partition coefficient (Wildman–Crippen LogP) is 2.20. The Kier molecular flexibility index (Phi) is 6.22. The zero-order valence-electron chi connectivity index (χ0n) is 19.4. The molecule has 1 aromatic carbocycles. The Morgan fingerprint density at radius 1 is 1.30 bits per heavy atom. The lowest BCUT2D eigenvalue weighted by atomic mass is 9.66. The van der Waals surface area contributed by atoms with E-state index in [1.165, 1.54) is 4.90 Å². The van der Waals surface area contributed by atoms with Crippen LogP contribution in [-0.4, -0.2) is 64.7 Å².